The highest BCUT2D eigenvalue weighted by molar-refractivity contribution is 5.85. The summed E-state index contributed by atoms with van der Waals surface area (Å²) in [6.45, 7) is 3.76. The monoisotopic (exact) mass is 185 g/mol. The number of carbonyl (C=O) groups is 1. The summed E-state index contributed by atoms with van der Waals surface area (Å²) in [5, 5.41) is 8.36. The molecule has 0 spiro atoms. The number of hydrogen-bond donors (Lipinski definition) is 2. The van der Waals surface area contributed by atoms with Gasteiger partial charge in [0.25, 0.3) is 0 Å². The normalized spacial score (nSPS) is 13.7. The number of nitrogens with two attached hydrogens (primary N) is 1. The molecule has 0 saturated carbocycles. The van der Waals surface area contributed by atoms with Crippen LogP contribution in [0, 0.1) is 5.92 Å². The van der Waals surface area contributed by atoms with Gasteiger partial charge in [-0.25, -0.2) is 0 Å². The molecule has 70 valence electrons. The third kappa shape index (κ3) is 6.09. The van der Waals surface area contributed by atoms with E-state index in [-0.39, 0.29) is 23.8 Å². The maximum atomic E-state index is 10.2. The molecule has 0 aliphatic rings. The van der Waals surface area contributed by atoms with Gasteiger partial charge in [-0.1, -0.05) is 20.3 Å². The van der Waals surface area contributed by atoms with Gasteiger partial charge in [0.1, 0.15) is 6.04 Å². The minimum Gasteiger partial charge on any atom is -0.480 e. The quantitative estimate of drug-likeness (QED) is 0.650. The molecule has 0 heterocycles. The van der Waals surface area contributed by atoms with Gasteiger partial charge in [0.15, 0.2) is 0 Å². The van der Waals surface area contributed by atoms with Gasteiger partial charge in [-0.2, -0.15) is 0 Å². The fourth-order valence-electron chi connectivity index (χ4n) is 0.497. The van der Waals surface area contributed by atoms with Crippen LogP contribution in [0.2, 0.25) is 0 Å². The first-order chi connectivity index (χ1) is 4.09. The summed E-state index contributed by atoms with van der Waals surface area (Å²) >= 11 is 0. The van der Waals surface area contributed by atoms with Crippen molar-refractivity contribution < 1.29 is 15.4 Å². The second kappa shape index (κ2) is 7.78. The predicted octanol–water partition coefficient (Wildman–Crippen LogP) is 0.0415. The first-order valence-electron chi connectivity index (χ1n) is 3.08. The molecule has 0 aromatic rings. The number of carboxylic acid groups (broad SMARTS) is 1. The fourth-order valence-corrected chi connectivity index (χ4v) is 0.497. The number of halogens is 1. The van der Waals surface area contributed by atoms with E-state index in [2.05, 4.69) is 0 Å². The van der Waals surface area contributed by atoms with Gasteiger partial charge in [0, 0.05) is 0 Å². The number of rotatable bonds is 3. The lowest BCUT2D eigenvalue weighted by Crippen LogP contribution is -2.36. The molecule has 0 saturated heterocycles. The zero-order valence-corrected chi connectivity index (χ0v) is 7.52. The molecule has 0 aromatic carbocycles. The molecule has 0 rings (SSSR count). The van der Waals surface area contributed by atoms with Gasteiger partial charge in [-0.05, 0) is 5.92 Å². The van der Waals surface area contributed by atoms with Crippen molar-refractivity contribution in [1.29, 1.82) is 0 Å². The van der Waals surface area contributed by atoms with Crippen LogP contribution >= 0.6 is 12.4 Å². The van der Waals surface area contributed by atoms with E-state index < -0.39 is 12.0 Å². The Morgan fingerprint density at radius 2 is 2.00 bits per heavy atom. The van der Waals surface area contributed by atoms with Crippen LogP contribution < -0.4 is 5.73 Å². The molecule has 0 bridgehead atoms. The first-order valence-corrected chi connectivity index (χ1v) is 3.08. The van der Waals surface area contributed by atoms with Crippen LogP contribution in [0.5, 0.6) is 0 Å². The van der Waals surface area contributed by atoms with Crippen molar-refractivity contribution >= 4 is 18.4 Å². The highest BCUT2D eigenvalue weighted by Crippen LogP contribution is 2.04. The Hall–Kier alpha value is -0.320. The Morgan fingerprint density at radius 1 is 1.64 bits per heavy atom. The van der Waals surface area contributed by atoms with Crippen molar-refractivity contribution in [3.8, 4) is 0 Å². The molecule has 0 aliphatic heterocycles. The van der Waals surface area contributed by atoms with Crippen molar-refractivity contribution in [3.05, 3.63) is 0 Å². The molecular formula is C6H16ClNO3. The van der Waals surface area contributed by atoms with Crippen LogP contribution in [0.1, 0.15) is 20.3 Å². The topological polar surface area (TPSA) is 94.8 Å². The van der Waals surface area contributed by atoms with Crippen LogP contribution in [0.3, 0.4) is 0 Å². The average Bonchev–Trinajstić information content (AvgIpc) is 1.84. The highest BCUT2D eigenvalue weighted by atomic mass is 35.5. The van der Waals surface area contributed by atoms with Crippen LogP contribution in [0.4, 0.5) is 0 Å². The van der Waals surface area contributed by atoms with Gasteiger partial charge in [-0.3, -0.25) is 4.79 Å². The van der Waals surface area contributed by atoms with E-state index in [0.29, 0.717) is 0 Å². The Kier molecular flexibility index (Phi) is 12.0. The summed E-state index contributed by atoms with van der Waals surface area (Å²) in [6.07, 6.45) is 0.813. The van der Waals surface area contributed by atoms with Crippen LogP contribution in [0.15, 0.2) is 0 Å². The summed E-state index contributed by atoms with van der Waals surface area (Å²) in [7, 11) is 0. The molecule has 0 amide bonds. The predicted molar refractivity (Wildman–Crippen MR) is 45.9 cm³/mol. The maximum absolute atomic E-state index is 10.2. The molecule has 4 nitrogen and oxygen atoms in total. The zero-order chi connectivity index (χ0) is 7.44. The van der Waals surface area contributed by atoms with Gasteiger partial charge in [-0.15, -0.1) is 12.4 Å². The fraction of sp³-hybridized carbons (Fsp3) is 0.833. The molecule has 0 aromatic heterocycles. The van der Waals surface area contributed by atoms with Gasteiger partial charge >= 0.3 is 5.97 Å². The molecule has 0 fully saturated rings. The van der Waals surface area contributed by atoms with Crippen molar-refractivity contribution in [3.63, 3.8) is 0 Å². The van der Waals surface area contributed by atoms with Crippen molar-refractivity contribution in [2.75, 3.05) is 0 Å². The van der Waals surface area contributed by atoms with Gasteiger partial charge in [0.05, 0.1) is 0 Å². The molecule has 0 aliphatic carbocycles. The first kappa shape index (κ1) is 17.0. The SMILES string of the molecule is CC[C@H](C)[C@H](N)C(=O)O.Cl.O. The Bertz CT molecular complexity index is 110. The minimum atomic E-state index is -0.913. The largest absolute Gasteiger partial charge is 0.480 e. The molecule has 11 heavy (non-hydrogen) atoms. The molecule has 0 unspecified atom stereocenters. The molecule has 5 N–H and O–H groups in total. The molecule has 5 heteroatoms. The maximum Gasteiger partial charge on any atom is 0.320 e. The van der Waals surface area contributed by atoms with E-state index in [1.54, 1.807) is 0 Å². The van der Waals surface area contributed by atoms with Gasteiger partial charge < -0.3 is 16.3 Å². The van der Waals surface area contributed by atoms with Crippen molar-refractivity contribution in [2.24, 2.45) is 11.7 Å². The minimum absolute atomic E-state index is 0. The average molecular weight is 186 g/mol. The van der Waals surface area contributed by atoms with E-state index in [1.807, 2.05) is 13.8 Å². The molecular weight excluding hydrogens is 170 g/mol. The second-order valence-corrected chi connectivity index (χ2v) is 2.25. The number of aliphatic carboxylic acids is 1. The van der Waals surface area contributed by atoms with Crippen LogP contribution in [-0.2, 0) is 4.79 Å². The third-order valence-electron chi connectivity index (χ3n) is 1.54. The van der Waals surface area contributed by atoms with E-state index in [1.165, 1.54) is 0 Å². The molecule has 2 atom stereocenters. The standard InChI is InChI=1S/C6H13NO2.ClH.H2O/c1-3-4(2)5(7)6(8)9;;/h4-5H,3,7H2,1-2H3,(H,8,9);1H;1H2/t4-,5-;;/m0../s1. The summed E-state index contributed by atoms with van der Waals surface area (Å²) in [4.78, 5) is 10.2. The summed E-state index contributed by atoms with van der Waals surface area (Å²) < 4.78 is 0. The summed E-state index contributed by atoms with van der Waals surface area (Å²) in [5.74, 6) is -0.841. The van der Waals surface area contributed by atoms with Crippen LogP contribution in [-0.4, -0.2) is 22.6 Å². The van der Waals surface area contributed by atoms with Crippen molar-refractivity contribution in [1.82, 2.24) is 0 Å². The molecule has 0 radical (unpaired) electrons. The summed E-state index contributed by atoms with van der Waals surface area (Å²) in [6, 6.07) is -0.699. The number of hydrogen-bond acceptors (Lipinski definition) is 2. The smallest absolute Gasteiger partial charge is 0.320 e. The lowest BCUT2D eigenvalue weighted by Gasteiger charge is -2.11. The summed E-state index contributed by atoms with van der Waals surface area (Å²) in [5.41, 5.74) is 5.27. The Labute approximate surface area is 72.5 Å². The van der Waals surface area contributed by atoms with E-state index >= 15 is 0 Å². The second-order valence-electron chi connectivity index (χ2n) is 2.25. The van der Waals surface area contributed by atoms with Gasteiger partial charge in [0.2, 0.25) is 0 Å². The van der Waals surface area contributed by atoms with Crippen molar-refractivity contribution in [2.45, 2.75) is 26.3 Å². The zero-order valence-electron chi connectivity index (χ0n) is 6.70. The van der Waals surface area contributed by atoms with E-state index in [0.717, 1.165) is 6.42 Å². The van der Waals surface area contributed by atoms with E-state index in [9.17, 15) is 4.79 Å². The lowest BCUT2D eigenvalue weighted by atomic mass is 10.0. The number of carboxylic acids is 1. The Balaban J connectivity index is -0.000000320. The Morgan fingerprint density at radius 3 is 2.09 bits per heavy atom. The van der Waals surface area contributed by atoms with Crippen LogP contribution in [0.25, 0.3) is 0 Å². The highest BCUT2D eigenvalue weighted by Gasteiger charge is 2.17. The van der Waals surface area contributed by atoms with E-state index in [4.69, 9.17) is 10.8 Å². The third-order valence-corrected chi connectivity index (χ3v) is 1.54. The lowest BCUT2D eigenvalue weighted by molar-refractivity contribution is -0.139.